The minimum atomic E-state index is -3.90. The first-order valence-corrected chi connectivity index (χ1v) is 2.66. The Balaban J connectivity index is 0. The Labute approximate surface area is 48.2 Å². The highest BCUT2D eigenvalue weighted by atomic mass is 35.5. The molecule has 0 aliphatic carbocycles. The average molecular weight is 145 g/mol. The third-order valence-electron chi connectivity index (χ3n) is 0.211. The van der Waals surface area contributed by atoms with Crippen LogP contribution in [0.15, 0.2) is 12.0 Å². The molecule has 0 atom stereocenters. The quantitative estimate of drug-likeness (QED) is 0.544. The fourth-order valence-corrected chi connectivity index (χ4v) is 0. The molecule has 0 saturated heterocycles. The highest BCUT2D eigenvalue weighted by Gasteiger charge is 1.87. The van der Waals surface area contributed by atoms with Gasteiger partial charge in [0.15, 0.2) is 0 Å². The first-order valence-electron chi connectivity index (χ1n) is 1.16. The topological polar surface area (TPSA) is 54.4 Å². The third kappa shape index (κ3) is 10.7. The second kappa shape index (κ2) is 3.01. The van der Waals surface area contributed by atoms with E-state index in [0.29, 0.717) is 5.41 Å². The molecule has 0 aromatic rings. The fraction of sp³-hybridized carbons (Fsp3) is 0. The molecule has 3 nitrogen and oxygen atoms in total. The average Bonchev–Trinajstić information content (AvgIpc) is 1.35. The number of halogens is 1. The zero-order valence-corrected chi connectivity index (χ0v) is 5.00. The van der Waals surface area contributed by atoms with Crippen LogP contribution in [0.4, 0.5) is 0 Å². The summed E-state index contributed by atoms with van der Waals surface area (Å²) < 4.78 is 26.6. The van der Waals surface area contributed by atoms with E-state index in [4.69, 9.17) is 4.55 Å². The van der Waals surface area contributed by atoms with Gasteiger partial charge in [0.1, 0.15) is 0 Å². The van der Waals surface area contributed by atoms with Crippen LogP contribution in [0.25, 0.3) is 0 Å². The van der Waals surface area contributed by atoms with Crippen LogP contribution in [0.3, 0.4) is 0 Å². The Morgan fingerprint density at radius 3 is 1.71 bits per heavy atom. The Hall–Kier alpha value is -0.0600. The summed E-state index contributed by atoms with van der Waals surface area (Å²) in [5, 5.41) is 0.465. The predicted molar refractivity (Wildman–Crippen MR) is 29.0 cm³/mol. The van der Waals surface area contributed by atoms with E-state index >= 15 is 0 Å². The standard InChI is InChI=1S/C2H4O3S.ClH/c1-2-6(3,4)5;/h2H,1H2,(H,3,4,5);1H. The molecule has 5 heteroatoms. The van der Waals surface area contributed by atoms with Gasteiger partial charge in [-0.05, 0) is 0 Å². The largest absolute Gasteiger partial charge is 0.287 e. The second-order valence-electron chi connectivity index (χ2n) is 0.682. The lowest BCUT2D eigenvalue weighted by molar-refractivity contribution is 0.494. The van der Waals surface area contributed by atoms with Gasteiger partial charge < -0.3 is 0 Å². The van der Waals surface area contributed by atoms with E-state index in [9.17, 15) is 8.42 Å². The van der Waals surface area contributed by atoms with E-state index in [2.05, 4.69) is 6.58 Å². The van der Waals surface area contributed by atoms with E-state index in [0.717, 1.165) is 0 Å². The van der Waals surface area contributed by atoms with Crippen molar-refractivity contribution in [2.24, 2.45) is 0 Å². The van der Waals surface area contributed by atoms with Crippen LogP contribution in [0.2, 0.25) is 0 Å². The summed E-state index contributed by atoms with van der Waals surface area (Å²) >= 11 is 0. The second-order valence-corrected chi connectivity index (χ2v) is 2.04. The van der Waals surface area contributed by atoms with Gasteiger partial charge in [-0.15, -0.1) is 12.4 Å². The van der Waals surface area contributed by atoms with E-state index < -0.39 is 10.1 Å². The summed E-state index contributed by atoms with van der Waals surface area (Å²) in [6.07, 6.45) is 0. The molecule has 0 aliphatic heterocycles. The Morgan fingerprint density at radius 2 is 1.71 bits per heavy atom. The lowest BCUT2D eigenvalue weighted by Gasteiger charge is -1.73. The van der Waals surface area contributed by atoms with Gasteiger partial charge in [-0.3, -0.25) is 4.55 Å². The van der Waals surface area contributed by atoms with Gasteiger partial charge in [0.2, 0.25) is 0 Å². The smallest absolute Gasteiger partial charge is 0.282 e. The normalized spacial score (nSPS) is 9.29. The molecule has 0 aromatic heterocycles. The first-order chi connectivity index (χ1) is 2.56. The van der Waals surface area contributed by atoms with Gasteiger partial charge in [-0.25, -0.2) is 0 Å². The van der Waals surface area contributed by atoms with Crippen LogP contribution in [0, 0.1) is 0 Å². The minimum Gasteiger partial charge on any atom is -0.282 e. The van der Waals surface area contributed by atoms with Crippen molar-refractivity contribution in [3.8, 4) is 0 Å². The summed E-state index contributed by atoms with van der Waals surface area (Å²) in [7, 11) is -3.90. The van der Waals surface area contributed by atoms with Gasteiger partial charge in [0.05, 0.1) is 5.41 Å². The number of hydrogen-bond acceptors (Lipinski definition) is 2. The van der Waals surface area contributed by atoms with Crippen molar-refractivity contribution in [2.75, 3.05) is 0 Å². The van der Waals surface area contributed by atoms with Crippen molar-refractivity contribution in [3.05, 3.63) is 12.0 Å². The van der Waals surface area contributed by atoms with Crippen LogP contribution in [0.1, 0.15) is 0 Å². The third-order valence-corrected chi connectivity index (χ3v) is 0.632. The Kier molecular flexibility index (Phi) is 4.31. The molecule has 0 amide bonds. The predicted octanol–water partition coefficient (Wildman–Crippen LogP) is 0.440. The van der Waals surface area contributed by atoms with Gasteiger partial charge in [0.25, 0.3) is 10.1 Å². The number of rotatable bonds is 1. The molecule has 1 N–H and O–H groups in total. The monoisotopic (exact) mass is 144 g/mol. The SMILES string of the molecule is C=CS(=O)(=O)O.Cl. The molecule has 0 saturated carbocycles. The lowest BCUT2D eigenvalue weighted by Crippen LogP contribution is -1.86. The van der Waals surface area contributed by atoms with Crippen LogP contribution in [-0.2, 0) is 10.1 Å². The summed E-state index contributed by atoms with van der Waals surface area (Å²) in [6, 6.07) is 0. The molecule has 0 bridgehead atoms. The molecule has 0 aromatic carbocycles. The van der Waals surface area contributed by atoms with Crippen molar-refractivity contribution >= 4 is 22.5 Å². The molecule has 0 fully saturated rings. The van der Waals surface area contributed by atoms with E-state index in [-0.39, 0.29) is 12.4 Å². The van der Waals surface area contributed by atoms with Gasteiger partial charge in [0, 0.05) is 0 Å². The van der Waals surface area contributed by atoms with Crippen LogP contribution in [-0.4, -0.2) is 13.0 Å². The van der Waals surface area contributed by atoms with Crippen molar-refractivity contribution in [2.45, 2.75) is 0 Å². The molecule has 0 unspecified atom stereocenters. The summed E-state index contributed by atoms with van der Waals surface area (Å²) in [6.45, 7) is 2.79. The maximum absolute atomic E-state index is 9.44. The summed E-state index contributed by atoms with van der Waals surface area (Å²) in [5.41, 5.74) is 0. The molecule has 7 heavy (non-hydrogen) atoms. The number of hydrogen-bond donors (Lipinski definition) is 1. The Morgan fingerprint density at radius 1 is 1.57 bits per heavy atom. The summed E-state index contributed by atoms with van der Waals surface area (Å²) in [4.78, 5) is 0. The van der Waals surface area contributed by atoms with E-state index in [1.165, 1.54) is 0 Å². The Bertz CT molecular complexity index is 123. The maximum Gasteiger partial charge on any atom is 0.287 e. The van der Waals surface area contributed by atoms with Crippen LogP contribution >= 0.6 is 12.4 Å². The molecule has 44 valence electrons. The summed E-state index contributed by atoms with van der Waals surface area (Å²) in [5.74, 6) is 0. The first kappa shape index (κ1) is 10.0. The van der Waals surface area contributed by atoms with Crippen molar-refractivity contribution < 1.29 is 13.0 Å². The lowest BCUT2D eigenvalue weighted by atomic mass is 11.3. The maximum atomic E-state index is 9.44. The van der Waals surface area contributed by atoms with E-state index in [1.54, 1.807) is 0 Å². The molecular weight excluding hydrogens is 140 g/mol. The minimum absolute atomic E-state index is 0. The highest BCUT2D eigenvalue weighted by molar-refractivity contribution is 7.88. The molecule has 0 aliphatic rings. The fourth-order valence-electron chi connectivity index (χ4n) is 0. The van der Waals surface area contributed by atoms with E-state index in [1.807, 2.05) is 0 Å². The van der Waals surface area contributed by atoms with Crippen LogP contribution < -0.4 is 0 Å². The van der Waals surface area contributed by atoms with Crippen molar-refractivity contribution in [1.82, 2.24) is 0 Å². The van der Waals surface area contributed by atoms with Gasteiger partial charge in [-0.2, -0.15) is 8.42 Å². The molecule has 0 radical (unpaired) electrons. The zero-order valence-electron chi connectivity index (χ0n) is 3.36. The highest BCUT2D eigenvalue weighted by Crippen LogP contribution is 1.75. The molecule has 0 spiro atoms. The van der Waals surface area contributed by atoms with Crippen molar-refractivity contribution in [1.29, 1.82) is 0 Å². The molecule has 0 heterocycles. The van der Waals surface area contributed by atoms with Gasteiger partial charge in [-0.1, -0.05) is 6.58 Å². The molecule has 0 rings (SSSR count). The van der Waals surface area contributed by atoms with Crippen molar-refractivity contribution in [3.63, 3.8) is 0 Å². The molecular formula is C2H5ClO3S. The van der Waals surface area contributed by atoms with Crippen LogP contribution in [0.5, 0.6) is 0 Å². The zero-order chi connectivity index (χ0) is 5.21. The van der Waals surface area contributed by atoms with Gasteiger partial charge >= 0.3 is 0 Å².